The molecule has 28 heavy (non-hydrogen) atoms. The number of para-hydroxylation sites is 1. The van der Waals surface area contributed by atoms with Gasteiger partial charge in [0.05, 0.1) is 23.2 Å². The maximum Gasteiger partial charge on any atom is 0.338 e. The van der Waals surface area contributed by atoms with Gasteiger partial charge in [0.25, 0.3) is 11.6 Å². The van der Waals surface area contributed by atoms with Crippen LogP contribution in [0.25, 0.3) is 0 Å². The Morgan fingerprint density at radius 2 is 1.82 bits per heavy atom. The molecule has 0 saturated heterocycles. The lowest BCUT2D eigenvalue weighted by atomic mass is 10.1. The van der Waals surface area contributed by atoms with E-state index in [0.717, 1.165) is 5.56 Å². The van der Waals surface area contributed by atoms with E-state index in [1.807, 2.05) is 13.8 Å². The van der Waals surface area contributed by atoms with Crippen molar-refractivity contribution in [1.29, 1.82) is 0 Å². The van der Waals surface area contributed by atoms with E-state index in [9.17, 15) is 19.7 Å². The summed E-state index contributed by atoms with van der Waals surface area (Å²) in [4.78, 5) is 34.6. The fraction of sp³-hybridized carbons (Fsp3) is 0.300. The van der Waals surface area contributed by atoms with Gasteiger partial charge in [0.1, 0.15) is 5.69 Å². The Kier molecular flexibility index (Phi) is 7.22. The average molecular weight is 386 g/mol. The number of nitro groups is 1. The monoisotopic (exact) mass is 386 g/mol. The fourth-order valence-electron chi connectivity index (χ4n) is 2.36. The van der Waals surface area contributed by atoms with Gasteiger partial charge in [0.15, 0.2) is 6.61 Å². The van der Waals surface area contributed by atoms with Crippen LogP contribution in [0.5, 0.6) is 0 Å². The number of amides is 1. The van der Waals surface area contributed by atoms with Crippen LogP contribution in [0.4, 0.5) is 11.4 Å². The lowest BCUT2D eigenvalue weighted by molar-refractivity contribution is -0.384. The van der Waals surface area contributed by atoms with Crippen LogP contribution < -0.4 is 5.32 Å². The number of nitrogens with one attached hydrogen (secondary N) is 1. The highest BCUT2D eigenvalue weighted by molar-refractivity contribution is 5.97. The molecular weight excluding hydrogens is 364 g/mol. The number of carbonyl (C=O) groups is 2. The molecule has 0 aliphatic rings. The van der Waals surface area contributed by atoms with E-state index in [2.05, 4.69) is 5.32 Å². The first-order chi connectivity index (χ1) is 13.3. The second-order valence-electron chi connectivity index (χ2n) is 6.41. The molecule has 0 radical (unpaired) electrons. The van der Waals surface area contributed by atoms with Crippen molar-refractivity contribution in [2.24, 2.45) is 0 Å². The first-order valence-corrected chi connectivity index (χ1v) is 8.69. The molecule has 0 atom stereocenters. The van der Waals surface area contributed by atoms with Crippen LogP contribution in [0.2, 0.25) is 0 Å². The summed E-state index contributed by atoms with van der Waals surface area (Å²) in [5, 5.41) is 13.5. The molecule has 2 aromatic rings. The summed E-state index contributed by atoms with van der Waals surface area (Å²) >= 11 is 0. The molecular formula is C20H22N2O6. The zero-order valence-electron chi connectivity index (χ0n) is 15.9. The van der Waals surface area contributed by atoms with Crippen molar-refractivity contribution in [2.75, 3.05) is 11.9 Å². The van der Waals surface area contributed by atoms with Gasteiger partial charge in [-0.3, -0.25) is 14.9 Å². The Balaban J connectivity index is 1.93. The second-order valence-corrected chi connectivity index (χ2v) is 6.41. The Morgan fingerprint density at radius 3 is 2.43 bits per heavy atom. The zero-order chi connectivity index (χ0) is 20.7. The SMILES string of the molecule is Cc1cccc([N+](=O)[O-])c1NC(=O)COC(=O)c1ccc(COC(C)C)cc1. The molecule has 148 valence electrons. The molecule has 2 aromatic carbocycles. The molecule has 0 bridgehead atoms. The largest absolute Gasteiger partial charge is 0.452 e. The van der Waals surface area contributed by atoms with E-state index < -0.39 is 23.4 Å². The van der Waals surface area contributed by atoms with Crippen LogP contribution >= 0.6 is 0 Å². The molecule has 0 aromatic heterocycles. The predicted molar refractivity (Wildman–Crippen MR) is 103 cm³/mol. The highest BCUT2D eigenvalue weighted by atomic mass is 16.6. The normalized spacial score (nSPS) is 10.6. The maximum atomic E-state index is 12.1. The smallest absolute Gasteiger partial charge is 0.338 e. The van der Waals surface area contributed by atoms with Crippen LogP contribution in [0, 0.1) is 17.0 Å². The van der Waals surface area contributed by atoms with Crippen LogP contribution in [0.1, 0.15) is 35.3 Å². The highest BCUT2D eigenvalue weighted by Gasteiger charge is 2.18. The number of anilines is 1. The maximum absolute atomic E-state index is 12.1. The molecule has 8 heteroatoms. The van der Waals surface area contributed by atoms with Crippen molar-refractivity contribution in [3.05, 3.63) is 69.3 Å². The Hall–Kier alpha value is -3.26. The number of hydrogen-bond acceptors (Lipinski definition) is 6. The van der Waals surface area contributed by atoms with Crippen LogP contribution in [-0.4, -0.2) is 29.5 Å². The number of aryl methyl sites for hydroxylation is 1. The Labute approximate surface area is 162 Å². The van der Waals surface area contributed by atoms with Crippen molar-refractivity contribution >= 4 is 23.3 Å². The number of benzene rings is 2. The molecule has 0 aliphatic carbocycles. The summed E-state index contributed by atoms with van der Waals surface area (Å²) in [7, 11) is 0. The van der Waals surface area contributed by atoms with Gasteiger partial charge < -0.3 is 14.8 Å². The molecule has 0 heterocycles. The Bertz CT molecular complexity index is 861. The summed E-state index contributed by atoms with van der Waals surface area (Å²) in [5.41, 5.74) is 1.60. The van der Waals surface area contributed by atoms with E-state index in [1.165, 1.54) is 12.1 Å². The van der Waals surface area contributed by atoms with Gasteiger partial charge in [-0.2, -0.15) is 0 Å². The third kappa shape index (κ3) is 5.88. The van der Waals surface area contributed by atoms with E-state index in [0.29, 0.717) is 17.7 Å². The number of nitrogens with zero attached hydrogens (tertiary/aromatic N) is 1. The van der Waals surface area contributed by atoms with Gasteiger partial charge in [-0.05, 0) is 44.0 Å². The molecule has 8 nitrogen and oxygen atoms in total. The minimum absolute atomic E-state index is 0.0862. The quantitative estimate of drug-likeness (QED) is 0.422. The topological polar surface area (TPSA) is 108 Å². The van der Waals surface area contributed by atoms with E-state index in [-0.39, 0.29) is 17.5 Å². The van der Waals surface area contributed by atoms with Gasteiger partial charge in [0, 0.05) is 6.07 Å². The summed E-state index contributed by atoms with van der Waals surface area (Å²) in [6.07, 6.45) is 0.104. The van der Waals surface area contributed by atoms with Gasteiger partial charge in [0.2, 0.25) is 0 Å². The lowest BCUT2D eigenvalue weighted by Gasteiger charge is -2.10. The summed E-state index contributed by atoms with van der Waals surface area (Å²) in [5.74, 6) is -1.32. The lowest BCUT2D eigenvalue weighted by Crippen LogP contribution is -2.22. The molecule has 1 N–H and O–H groups in total. The number of carbonyl (C=O) groups excluding carboxylic acids is 2. The van der Waals surface area contributed by atoms with E-state index >= 15 is 0 Å². The minimum Gasteiger partial charge on any atom is -0.452 e. The summed E-state index contributed by atoms with van der Waals surface area (Å²) < 4.78 is 10.5. The number of ether oxygens (including phenoxy) is 2. The van der Waals surface area contributed by atoms with Crippen molar-refractivity contribution in [1.82, 2.24) is 0 Å². The van der Waals surface area contributed by atoms with Gasteiger partial charge >= 0.3 is 5.97 Å². The first kappa shape index (κ1) is 21.0. The summed E-state index contributed by atoms with van der Waals surface area (Å²) in [6.45, 7) is 5.39. The third-order valence-electron chi connectivity index (χ3n) is 3.82. The van der Waals surface area contributed by atoms with Crippen molar-refractivity contribution in [3.63, 3.8) is 0 Å². The zero-order valence-corrected chi connectivity index (χ0v) is 15.9. The molecule has 0 fully saturated rings. The minimum atomic E-state index is -0.661. The number of hydrogen-bond donors (Lipinski definition) is 1. The number of esters is 1. The average Bonchev–Trinajstić information content (AvgIpc) is 2.66. The number of nitro benzene ring substituents is 1. The standard InChI is InChI=1S/C20H22N2O6/c1-13(2)27-11-15-7-9-16(10-8-15)20(24)28-12-18(23)21-19-14(3)5-4-6-17(19)22(25)26/h4-10,13H,11-12H2,1-3H3,(H,21,23). The van der Waals surface area contributed by atoms with Gasteiger partial charge in [-0.25, -0.2) is 4.79 Å². The van der Waals surface area contributed by atoms with Crippen LogP contribution in [0.3, 0.4) is 0 Å². The van der Waals surface area contributed by atoms with E-state index in [4.69, 9.17) is 9.47 Å². The van der Waals surface area contributed by atoms with Crippen LogP contribution in [0.15, 0.2) is 42.5 Å². The second kappa shape index (κ2) is 9.61. The van der Waals surface area contributed by atoms with Gasteiger partial charge in [-0.15, -0.1) is 0 Å². The first-order valence-electron chi connectivity index (χ1n) is 8.69. The Morgan fingerprint density at radius 1 is 1.14 bits per heavy atom. The molecule has 0 saturated carbocycles. The fourth-order valence-corrected chi connectivity index (χ4v) is 2.36. The molecule has 0 spiro atoms. The predicted octanol–water partition coefficient (Wildman–Crippen LogP) is 3.62. The van der Waals surface area contributed by atoms with E-state index in [1.54, 1.807) is 37.3 Å². The van der Waals surface area contributed by atoms with Gasteiger partial charge in [-0.1, -0.05) is 24.3 Å². The number of rotatable bonds is 8. The van der Waals surface area contributed by atoms with Crippen molar-refractivity contribution < 1.29 is 24.0 Å². The van der Waals surface area contributed by atoms with Crippen molar-refractivity contribution in [2.45, 2.75) is 33.5 Å². The molecule has 1 amide bonds. The van der Waals surface area contributed by atoms with Crippen molar-refractivity contribution in [3.8, 4) is 0 Å². The van der Waals surface area contributed by atoms with Crippen LogP contribution in [-0.2, 0) is 20.9 Å². The summed E-state index contributed by atoms with van der Waals surface area (Å²) in [6, 6.07) is 11.1. The third-order valence-corrected chi connectivity index (χ3v) is 3.82. The molecule has 2 rings (SSSR count). The highest BCUT2D eigenvalue weighted by Crippen LogP contribution is 2.27. The molecule has 0 unspecified atom stereocenters. The molecule has 0 aliphatic heterocycles.